The molecule has 0 radical (unpaired) electrons. The van der Waals surface area contributed by atoms with E-state index in [1.54, 1.807) is 12.0 Å². The number of ether oxygens (including phenoxy) is 1. The van der Waals surface area contributed by atoms with Crippen LogP contribution in [0, 0.1) is 58.2 Å². The van der Waals surface area contributed by atoms with E-state index in [9.17, 15) is 19.8 Å². The van der Waals surface area contributed by atoms with Gasteiger partial charge in [-0.2, -0.15) is 5.06 Å². The molecule has 51 heavy (non-hydrogen) atoms. The van der Waals surface area contributed by atoms with Crippen LogP contribution in [-0.4, -0.2) is 109 Å². The van der Waals surface area contributed by atoms with Crippen molar-refractivity contribution in [1.29, 1.82) is 0 Å². The van der Waals surface area contributed by atoms with E-state index >= 15 is 0 Å². The van der Waals surface area contributed by atoms with E-state index in [0.717, 1.165) is 64.3 Å². The number of rotatable bonds is 13. The summed E-state index contributed by atoms with van der Waals surface area (Å²) in [6, 6.07) is -0.464. The SMILES string of the molecule is COC1C(CN2O[C@@H](CO)[C@H]([C@H](C)O)[C@H]2C(=O)N[C@H]2C[C@H]3C[C@@H]([C@@H]2C)C3(C)C)CCCC1C1CCCC(C(=O)N[C@H](CN(C)C)CC(C)(C)C)C1. The number of hydrogen-bond acceptors (Lipinski definition) is 8. The number of carbonyl (C=O) groups is 2. The first kappa shape index (κ1) is 40.9. The average Bonchev–Trinajstić information content (AvgIpc) is 3.42. The lowest BCUT2D eigenvalue weighted by Crippen LogP contribution is -2.62. The van der Waals surface area contributed by atoms with Gasteiger partial charge in [0.1, 0.15) is 12.1 Å². The molecular weight excluding hydrogens is 644 g/mol. The van der Waals surface area contributed by atoms with Crippen LogP contribution < -0.4 is 10.6 Å². The lowest BCUT2D eigenvalue weighted by atomic mass is 9.45. The van der Waals surface area contributed by atoms with Crippen LogP contribution in [-0.2, 0) is 19.2 Å². The highest BCUT2D eigenvalue weighted by molar-refractivity contribution is 5.83. The van der Waals surface area contributed by atoms with Crippen molar-refractivity contribution in [2.24, 2.45) is 58.2 Å². The van der Waals surface area contributed by atoms with Gasteiger partial charge in [-0.15, -0.1) is 0 Å². The van der Waals surface area contributed by atoms with Crippen LogP contribution in [0.2, 0.25) is 0 Å². The predicted octanol–water partition coefficient (Wildman–Crippen LogP) is 4.87. The number of methoxy groups -OCH3 is 1. The molecule has 1 aliphatic heterocycles. The Hall–Kier alpha value is -1.30. The zero-order chi connectivity index (χ0) is 37.4. The largest absolute Gasteiger partial charge is 0.394 e. The molecule has 0 spiro atoms. The molecule has 6 aliphatic rings. The van der Waals surface area contributed by atoms with Crippen molar-refractivity contribution in [3.63, 3.8) is 0 Å². The van der Waals surface area contributed by atoms with Gasteiger partial charge >= 0.3 is 0 Å². The van der Waals surface area contributed by atoms with E-state index in [0.29, 0.717) is 41.5 Å². The van der Waals surface area contributed by atoms with Crippen LogP contribution in [0.3, 0.4) is 0 Å². The number of hydroxylamine groups is 2. The van der Waals surface area contributed by atoms with Crippen molar-refractivity contribution >= 4 is 11.8 Å². The molecule has 1 heterocycles. The van der Waals surface area contributed by atoms with Crippen molar-refractivity contribution in [3.05, 3.63) is 0 Å². The molecule has 0 aromatic rings. The van der Waals surface area contributed by atoms with E-state index in [-0.39, 0.29) is 53.9 Å². The minimum Gasteiger partial charge on any atom is -0.394 e. The summed E-state index contributed by atoms with van der Waals surface area (Å²) >= 11 is 0. The lowest BCUT2D eigenvalue weighted by molar-refractivity contribution is -0.193. The molecule has 10 nitrogen and oxygen atoms in total. The normalized spacial score (nSPS) is 39.6. The number of nitrogens with zero attached hydrogens (tertiary/aromatic N) is 2. The van der Waals surface area contributed by atoms with Crippen LogP contribution >= 0.6 is 0 Å². The van der Waals surface area contributed by atoms with Gasteiger partial charge in [-0.1, -0.05) is 60.8 Å². The van der Waals surface area contributed by atoms with Gasteiger partial charge in [0, 0.05) is 50.0 Å². The molecule has 0 aromatic carbocycles. The van der Waals surface area contributed by atoms with Crippen molar-refractivity contribution in [1.82, 2.24) is 20.6 Å². The summed E-state index contributed by atoms with van der Waals surface area (Å²) in [5.41, 5.74) is 0.450. The molecule has 6 rings (SSSR count). The number of hydrogen-bond donors (Lipinski definition) is 4. The Kier molecular flexibility index (Phi) is 13.3. The second-order valence-corrected chi connectivity index (χ2v) is 19.7. The standard InChI is InChI=1S/C41H74N4O6/c1-24-32-18-29(41(32,6)7)19-33(24)43-39(49)36-35(25(2)47)34(23-46)51-45(36)21-28-15-12-16-31(37(28)50-10)26-13-11-14-27(17-26)38(48)42-30(22-44(8)9)20-40(3,4)5/h24-37,46-47H,11-23H2,1-10H3,(H,42,48)(H,43,49)/t24-,25-,26?,27?,28?,29+,30-,31?,32-,33-,34-,35-,36-,37?/m0/s1. The maximum atomic E-state index is 14.2. The zero-order valence-electron chi connectivity index (χ0n) is 33.7. The van der Waals surface area contributed by atoms with E-state index in [1.807, 2.05) is 7.11 Å². The molecular formula is C41H74N4O6. The van der Waals surface area contributed by atoms with E-state index in [4.69, 9.17) is 9.57 Å². The molecule has 0 aromatic heterocycles. The topological polar surface area (TPSA) is 124 Å². The number of likely N-dealkylation sites (N-methyl/N-ethyl adjacent to an activating group) is 1. The minimum absolute atomic E-state index is 0.0113. The number of aliphatic hydroxyl groups excluding tert-OH is 2. The average molecular weight is 719 g/mol. The van der Waals surface area contributed by atoms with Crippen molar-refractivity contribution in [2.75, 3.05) is 40.9 Å². The van der Waals surface area contributed by atoms with E-state index < -0.39 is 24.2 Å². The van der Waals surface area contributed by atoms with Crippen molar-refractivity contribution in [3.8, 4) is 0 Å². The maximum Gasteiger partial charge on any atom is 0.240 e. The van der Waals surface area contributed by atoms with E-state index in [1.165, 1.54) is 6.42 Å². The molecule has 14 atom stereocenters. The first-order chi connectivity index (χ1) is 23.9. The summed E-state index contributed by atoms with van der Waals surface area (Å²) in [5, 5.41) is 30.0. The van der Waals surface area contributed by atoms with Gasteiger partial charge in [0.25, 0.3) is 0 Å². The number of nitrogens with one attached hydrogen (secondary N) is 2. The monoisotopic (exact) mass is 719 g/mol. The molecule has 6 fully saturated rings. The van der Waals surface area contributed by atoms with Gasteiger partial charge in [0.05, 0.1) is 18.8 Å². The van der Waals surface area contributed by atoms with Crippen LogP contribution in [0.4, 0.5) is 0 Å². The summed E-state index contributed by atoms with van der Waals surface area (Å²) in [6.07, 6.45) is 8.72. The fourth-order valence-electron chi connectivity index (χ4n) is 11.6. The number of fused-ring (bicyclic) bond motifs is 2. The van der Waals surface area contributed by atoms with Gasteiger partial charge in [-0.05, 0) is 106 Å². The van der Waals surface area contributed by atoms with Gasteiger partial charge < -0.3 is 30.5 Å². The van der Waals surface area contributed by atoms with Gasteiger partial charge in [0.15, 0.2) is 0 Å². The molecule has 5 saturated carbocycles. The number of aliphatic hydroxyl groups is 2. The van der Waals surface area contributed by atoms with Crippen LogP contribution in [0.25, 0.3) is 0 Å². The Labute approximate surface area is 309 Å². The summed E-state index contributed by atoms with van der Waals surface area (Å²) in [7, 11) is 5.95. The first-order valence-corrected chi connectivity index (χ1v) is 20.5. The van der Waals surface area contributed by atoms with E-state index in [2.05, 4.69) is 71.2 Å². The summed E-state index contributed by atoms with van der Waals surface area (Å²) in [6.45, 7) is 16.5. The molecule has 10 heteroatoms. The third-order valence-electron chi connectivity index (χ3n) is 14.2. The Morgan fingerprint density at radius 1 is 1.06 bits per heavy atom. The molecule has 2 bridgehead atoms. The molecule has 294 valence electrons. The lowest BCUT2D eigenvalue weighted by Gasteiger charge is -2.62. The van der Waals surface area contributed by atoms with Crippen molar-refractivity contribution < 1.29 is 29.4 Å². The second kappa shape index (κ2) is 16.6. The zero-order valence-corrected chi connectivity index (χ0v) is 33.7. The summed E-state index contributed by atoms with van der Waals surface area (Å²) in [4.78, 5) is 36.5. The number of amides is 2. The Bertz CT molecular complexity index is 1170. The highest BCUT2D eigenvalue weighted by Crippen LogP contribution is 2.61. The van der Waals surface area contributed by atoms with Gasteiger partial charge in [-0.3, -0.25) is 14.4 Å². The van der Waals surface area contributed by atoms with Crippen molar-refractivity contribution in [2.45, 2.75) is 149 Å². The highest BCUT2D eigenvalue weighted by Gasteiger charge is 2.58. The molecule has 1 saturated heterocycles. The summed E-state index contributed by atoms with van der Waals surface area (Å²) < 4.78 is 6.35. The third kappa shape index (κ3) is 9.16. The Balaban J connectivity index is 1.26. The fourth-order valence-corrected chi connectivity index (χ4v) is 11.6. The molecule has 5 unspecified atom stereocenters. The summed E-state index contributed by atoms with van der Waals surface area (Å²) in [5.74, 6) is 2.03. The van der Waals surface area contributed by atoms with Crippen LogP contribution in [0.15, 0.2) is 0 Å². The maximum absolute atomic E-state index is 14.2. The Morgan fingerprint density at radius 3 is 2.35 bits per heavy atom. The van der Waals surface area contributed by atoms with Gasteiger partial charge in [-0.25, -0.2) is 0 Å². The fraction of sp³-hybridized carbons (Fsp3) is 0.951. The first-order valence-electron chi connectivity index (χ1n) is 20.5. The number of carbonyl (C=O) groups excluding carboxylic acids is 2. The predicted molar refractivity (Wildman–Crippen MR) is 200 cm³/mol. The smallest absolute Gasteiger partial charge is 0.240 e. The molecule has 4 N–H and O–H groups in total. The minimum atomic E-state index is -0.817. The van der Waals surface area contributed by atoms with Crippen LogP contribution in [0.5, 0.6) is 0 Å². The highest BCUT2D eigenvalue weighted by atomic mass is 16.7. The van der Waals surface area contributed by atoms with Gasteiger partial charge in [0.2, 0.25) is 11.8 Å². The quantitative estimate of drug-likeness (QED) is 0.213. The third-order valence-corrected chi connectivity index (χ3v) is 14.2. The Morgan fingerprint density at radius 2 is 1.76 bits per heavy atom. The van der Waals surface area contributed by atoms with Crippen LogP contribution in [0.1, 0.15) is 113 Å². The second-order valence-electron chi connectivity index (χ2n) is 19.7. The molecule has 5 aliphatic carbocycles. The molecule has 2 amide bonds.